The molecule has 0 aromatic carbocycles. The van der Waals surface area contributed by atoms with Crippen LogP contribution in [-0.2, 0) is 17.8 Å². The Kier molecular flexibility index (Phi) is 5.48. The van der Waals surface area contributed by atoms with E-state index >= 15 is 0 Å². The summed E-state index contributed by atoms with van der Waals surface area (Å²) < 4.78 is 7.29. The lowest BCUT2D eigenvalue weighted by Gasteiger charge is -2.25. The fraction of sp³-hybridized carbons (Fsp3) is 0.400. The molecule has 4 heterocycles. The Labute approximate surface area is 163 Å². The molecule has 1 amide bonds. The highest BCUT2D eigenvalue weighted by atomic mass is 16.5. The van der Waals surface area contributed by atoms with Crippen LogP contribution in [0.25, 0.3) is 11.0 Å². The molecule has 0 atom stereocenters. The van der Waals surface area contributed by atoms with Gasteiger partial charge in [-0.25, -0.2) is 9.67 Å². The van der Waals surface area contributed by atoms with Gasteiger partial charge in [0.25, 0.3) is 5.91 Å². The molecule has 0 aliphatic carbocycles. The number of nitrogens with zero attached hydrogens (tertiary/aromatic N) is 4. The zero-order valence-corrected chi connectivity index (χ0v) is 15.9. The maximum absolute atomic E-state index is 12.9. The molecule has 0 radical (unpaired) electrons. The predicted octanol–water partition coefficient (Wildman–Crippen LogP) is 2.37. The molecule has 3 aromatic heterocycles. The second-order valence-electron chi connectivity index (χ2n) is 6.78. The molecule has 1 aliphatic rings. The Morgan fingerprint density at radius 1 is 1.25 bits per heavy atom. The fourth-order valence-corrected chi connectivity index (χ4v) is 3.40. The van der Waals surface area contributed by atoms with E-state index in [4.69, 9.17) is 4.74 Å². The lowest BCUT2D eigenvalue weighted by Crippen LogP contribution is -2.30. The number of carbonyl (C=O) groups excluding carboxylic acids is 1. The third-order valence-electron chi connectivity index (χ3n) is 4.94. The van der Waals surface area contributed by atoms with Gasteiger partial charge in [-0.1, -0.05) is 6.07 Å². The number of hydrogen-bond acceptors (Lipinski definition) is 6. The number of anilines is 1. The quantitative estimate of drug-likeness (QED) is 0.682. The lowest BCUT2D eigenvalue weighted by atomic mass is 10.1. The number of aryl methyl sites for hydroxylation is 1. The third kappa shape index (κ3) is 3.82. The number of amides is 1. The van der Waals surface area contributed by atoms with Gasteiger partial charge in [0.2, 0.25) is 0 Å². The number of fused-ring (bicyclic) bond motifs is 1. The fourth-order valence-electron chi connectivity index (χ4n) is 3.40. The minimum absolute atomic E-state index is 0.182. The van der Waals surface area contributed by atoms with Gasteiger partial charge >= 0.3 is 0 Å². The summed E-state index contributed by atoms with van der Waals surface area (Å²) in [5.74, 6) is -0.182. The second-order valence-corrected chi connectivity index (χ2v) is 6.78. The van der Waals surface area contributed by atoms with Crippen molar-refractivity contribution in [1.29, 1.82) is 0 Å². The molecule has 8 heteroatoms. The average Bonchev–Trinajstić information content (AvgIpc) is 3.17. The number of pyridine rings is 2. The Hall–Kier alpha value is -3.00. The molecule has 0 bridgehead atoms. The maximum atomic E-state index is 12.9. The van der Waals surface area contributed by atoms with E-state index in [9.17, 15) is 4.79 Å². The van der Waals surface area contributed by atoms with E-state index < -0.39 is 0 Å². The highest BCUT2D eigenvalue weighted by Crippen LogP contribution is 2.28. The van der Waals surface area contributed by atoms with Crippen LogP contribution < -0.4 is 10.6 Å². The predicted molar refractivity (Wildman–Crippen MR) is 106 cm³/mol. The molecular weight excluding hydrogens is 356 g/mol. The van der Waals surface area contributed by atoms with Gasteiger partial charge < -0.3 is 15.4 Å². The Morgan fingerprint density at radius 2 is 2.11 bits per heavy atom. The van der Waals surface area contributed by atoms with Crippen molar-refractivity contribution in [3.63, 3.8) is 0 Å². The normalized spacial score (nSPS) is 14.9. The standard InChI is InChI=1S/C20H24N6O2/c1-2-26-19-16(13-24-26)18(25-14-6-9-28-10-7-14)17(12-22-19)20(27)23-11-15-5-3-4-8-21-15/h3-5,8,12-14H,2,6-7,9-11H2,1H3,(H,22,25)(H,23,27). The van der Waals surface area contributed by atoms with Crippen LogP contribution in [0, 0.1) is 0 Å². The molecule has 1 fully saturated rings. The zero-order valence-electron chi connectivity index (χ0n) is 15.9. The molecular formula is C20H24N6O2. The molecule has 146 valence electrons. The van der Waals surface area contributed by atoms with Crippen molar-refractivity contribution in [2.75, 3.05) is 18.5 Å². The monoisotopic (exact) mass is 380 g/mol. The summed E-state index contributed by atoms with van der Waals surface area (Å²) in [6.45, 7) is 4.55. The molecule has 3 aromatic rings. The van der Waals surface area contributed by atoms with Gasteiger partial charge in [0.1, 0.15) is 0 Å². The highest BCUT2D eigenvalue weighted by Gasteiger charge is 2.22. The Morgan fingerprint density at radius 3 is 2.86 bits per heavy atom. The summed E-state index contributed by atoms with van der Waals surface area (Å²) in [5, 5.41) is 11.8. The van der Waals surface area contributed by atoms with Gasteiger partial charge in [0.05, 0.1) is 35.1 Å². The molecule has 1 saturated heterocycles. The molecule has 0 unspecified atom stereocenters. The second kappa shape index (κ2) is 8.35. The van der Waals surface area contributed by atoms with Gasteiger partial charge in [-0.05, 0) is 31.9 Å². The largest absolute Gasteiger partial charge is 0.381 e. The third-order valence-corrected chi connectivity index (χ3v) is 4.94. The number of rotatable bonds is 6. The van der Waals surface area contributed by atoms with Crippen molar-refractivity contribution in [2.45, 2.75) is 38.9 Å². The molecule has 4 rings (SSSR count). The number of carbonyl (C=O) groups is 1. The summed E-state index contributed by atoms with van der Waals surface area (Å²) in [6.07, 6.45) is 6.93. The van der Waals surface area contributed by atoms with Crippen LogP contribution >= 0.6 is 0 Å². The summed E-state index contributed by atoms with van der Waals surface area (Å²) in [7, 11) is 0. The van der Waals surface area contributed by atoms with Crippen molar-refractivity contribution in [1.82, 2.24) is 25.1 Å². The van der Waals surface area contributed by atoms with Crippen LogP contribution in [0.5, 0.6) is 0 Å². The number of hydrogen-bond donors (Lipinski definition) is 2. The van der Waals surface area contributed by atoms with Gasteiger partial charge in [-0.15, -0.1) is 0 Å². The number of ether oxygens (including phenoxy) is 1. The lowest BCUT2D eigenvalue weighted by molar-refractivity contribution is 0.0904. The van der Waals surface area contributed by atoms with Crippen LogP contribution in [0.4, 0.5) is 5.69 Å². The molecule has 28 heavy (non-hydrogen) atoms. The van der Waals surface area contributed by atoms with Crippen molar-refractivity contribution in [3.05, 3.63) is 48.0 Å². The smallest absolute Gasteiger partial charge is 0.255 e. The van der Waals surface area contributed by atoms with Gasteiger partial charge in [0, 0.05) is 38.2 Å². The van der Waals surface area contributed by atoms with E-state index in [0.29, 0.717) is 12.1 Å². The van der Waals surface area contributed by atoms with Crippen LogP contribution in [0.1, 0.15) is 35.8 Å². The van der Waals surface area contributed by atoms with Crippen LogP contribution in [0.3, 0.4) is 0 Å². The minimum Gasteiger partial charge on any atom is -0.381 e. The van der Waals surface area contributed by atoms with E-state index in [0.717, 1.165) is 55.0 Å². The van der Waals surface area contributed by atoms with Crippen LogP contribution in [0.15, 0.2) is 36.8 Å². The summed E-state index contributed by atoms with van der Waals surface area (Å²) in [6, 6.07) is 5.89. The topological polar surface area (TPSA) is 94.0 Å². The zero-order chi connectivity index (χ0) is 19.3. The SMILES string of the molecule is CCn1ncc2c(NC3CCOCC3)c(C(=O)NCc3ccccn3)cnc21. The van der Waals surface area contributed by atoms with E-state index in [2.05, 4.69) is 25.7 Å². The first-order valence-electron chi connectivity index (χ1n) is 9.63. The first-order chi connectivity index (χ1) is 13.8. The Balaban J connectivity index is 1.63. The first kappa shape index (κ1) is 18.4. The van der Waals surface area contributed by atoms with Crippen molar-refractivity contribution in [2.24, 2.45) is 0 Å². The summed E-state index contributed by atoms with van der Waals surface area (Å²) in [5.41, 5.74) is 2.89. The van der Waals surface area contributed by atoms with E-state index in [1.807, 2.05) is 29.8 Å². The van der Waals surface area contributed by atoms with Gasteiger partial charge in [-0.3, -0.25) is 9.78 Å². The first-order valence-corrected chi connectivity index (χ1v) is 9.63. The van der Waals surface area contributed by atoms with Crippen molar-refractivity contribution < 1.29 is 9.53 Å². The molecule has 1 aliphatic heterocycles. The molecule has 0 saturated carbocycles. The van der Waals surface area contributed by atoms with Gasteiger partial charge in [0.15, 0.2) is 5.65 Å². The number of aromatic nitrogens is 4. The van der Waals surface area contributed by atoms with Crippen molar-refractivity contribution >= 4 is 22.6 Å². The number of nitrogens with one attached hydrogen (secondary N) is 2. The molecule has 0 spiro atoms. The van der Waals surface area contributed by atoms with E-state index in [-0.39, 0.29) is 11.9 Å². The Bertz CT molecular complexity index is 950. The van der Waals surface area contributed by atoms with Crippen molar-refractivity contribution in [3.8, 4) is 0 Å². The van der Waals surface area contributed by atoms with Gasteiger partial charge in [-0.2, -0.15) is 5.10 Å². The van der Waals surface area contributed by atoms with E-state index in [1.54, 1.807) is 18.6 Å². The average molecular weight is 380 g/mol. The molecule has 2 N–H and O–H groups in total. The van der Waals surface area contributed by atoms with Crippen LogP contribution in [0.2, 0.25) is 0 Å². The minimum atomic E-state index is -0.182. The summed E-state index contributed by atoms with van der Waals surface area (Å²) in [4.78, 5) is 21.7. The maximum Gasteiger partial charge on any atom is 0.255 e. The van der Waals surface area contributed by atoms with E-state index in [1.165, 1.54) is 0 Å². The molecule has 8 nitrogen and oxygen atoms in total. The highest BCUT2D eigenvalue weighted by molar-refractivity contribution is 6.06. The van der Waals surface area contributed by atoms with Crippen LogP contribution in [-0.4, -0.2) is 44.9 Å². The summed E-state index contributed by atoms with van der Waals surface area (Å²) >= 11 is 0.